The first kappa shape index (κ1) is 87.7. The average molecular weight is 1290 g/mol. The molecule has 0 aromatic heterocycles. The fourth-order valence-corrected chi connectivity index (χ4v) is 11.5. The van der Waals surface area contributed by atoms with Crippen LogP contribution in [0, 0.1) is 0 Å². The normalized spacial score (nSPS) is 13.7. The van der Waals surface area contributed by atoms with Gasteiger partial charge in [0.1, 0.15) is 19.8 Å². The van der Waals surface area contributed by atoms with Gasteiger partial charge in [0.25, 0.3) is 7.82 Å². The number of hydrogen-bond donors (Lipinski definition) is 0. The molecule has 0 aliphatic carbocycles. The van der Waals surface area contributed by atoms with Crippen molar-refractivity contribution >= 4 is 19.8 Å². The van der Waals surface area contributed by atoms with E-state index < -0.39 is 26.5 Å². The smallest absolute Gasteiger partial charge is 0.306 e. The number of nitrogens with zero attached hydrogens (tertiary/aromatic N) is 1. The summed E-state index contributed by atoms with van der Waals surface area (Å²) in [7, 11) is 1.17. The fraction of sp³-hybridized carbons (Fsp3) is 0.753. The van der Waals surface area contributed by atoms with Crippen LogP contribution in [0.2, 0.25) is 0 Å². The molecule has 10 heteroatoms. The summed E-state index contributed by atoms with van der Waals surface area (Å²) < 4.78 is 34.4. The Labute approximate surface area is 563 Å². The number of likely N-dealkylation sites (N-methyl/N-ethyl adjacent to an activating group) is 1. The lowest BCUT2D eigenvalue weighted by atomic mass is 10.0. The Morgan fingerprint density at radius 3 is 0.934 bits per heavy atom. The van der Waals surface area contributed by atoms with Gasteiger partial charge in [-0.05, 0) is 83.5 Å². The van der Waals surface area contributed by atoms with Crippen molar-refractivity contribution < 1.29 is 42.1 Å². The molecular weight excluding hydrogens is 1150 g/mol. The van der Waals surface area contributed by atoms with Crippen molar-refractivity contribution in [1.29, 1.82) is 0 Å². The largest absolute Gasteiger partial charge is 0.756 e. The van der Waals surface area contributed by atoms with Crippen LogP contribution < -0.4 is 4.89 Å². The summed E-state index contributed by atoms with van der Waals surface area (Å²) in [5, 5.41) is 0. The van der Waals surface area contributed by atoms with Gasteiger partial charge < -0.3 is 27.9 Å². The molecule has 0 saturated carbocycles. The topological polar surface area (TPSA) is 111 Å². The maximum absolute atomic E-state index is 12.9. The van der Waals surface area contributed by atoms with Crippen molar-refractivity contribution in [2.24, 2.45) is 0 Å². The van der Waals surface area contributed by atoms with E-state index in [1.807, 2.05) is 21.1 Å². The highest BCUT2D eigenvalue weighted by Gasteiger charge is 2.22. The van der Waals surface area contributed by atoms with Crippen molar-refractivity contribution in [1.82, 2.24) is 0 Å². The summed E-state index contributed by atoms with van der Waals surface area (Å²) >= 11 is 0. The summed E-state index contributed by atoms with van der Waals surface area (Å²) in [6, 6.07) is 0. The molecule has 0 aliphatic heterocycles. The lowest BCUT2D eigenvalue weighted by Crippen LogP contribution is -2.37. The molecule has 0 amide bonds. The molecule has 0 N–H and O–H groups in total. The number of unbranched alkanes of at least 4 members (excludes halogenated alkanes) is 38. The van der Waals surface area contributed by atoms with E-state index in [0.29, 0.717) is 17.4 Å². The SMILES string of the molecule is CC/C=C\C/C=C\C/C=C\C/C=C\C/C=C\C/C=C\C/C=C\C/C=C\C/C=C\CCCCCCCCCCCCCCCC(=O)OC(COC(=O)CCCCCCCCCCCCCCCCCCCCCCCCCCCC)COP(=O)([O-])OCC[N+](C)(C)C. The second-order valence-corrected chi connectivity index (χ2v) is 28.1. The van der Waals surface area contributed by atoms with Crippen LogP contribution in [0.15, 0.2) is 109 Å². The lowest BCUT2D eigenvalue weighted by Gasteiger charge is -2.28. The zero-order valence-corrected chi connectivity index (χ0v) is 60.9. The highest BCUT2D eigenvalue weighted by Crippen LogP contribution is 2.38. The first-order valence-electron chi connectivity index (χ1n) is 38.1. The van der Waals surface area contributed by atoms with Crippen LogP contribution in [-0.2, 0) is 32.7 Å². The van der Waals surface area contributed by atoms with E-state index >= 15 is 0 Å². The summed E-state index contributed by atoms with van der Waals surface area (Å²) in [4.78, 5) is 38.1. The van der Waals surface area contributed by atoms with Gasteiger partial charge in [0.2, 0.25) is 0 Å². The van der Waals surface area contributed by atoms with Crippen LogP contribution in [0.25, 0.3) is 0 Å². The number of esters is 2. The highest BCUT2D eigenvalue weighted by atomic mass is 31.2. The van der Waals surface area contributed by atoms with Gasteiger partial charge in [-0.3, -0.25) is 14.2 Å². The number of quaternary nitrogens is 1. The second-order valence-electron chi connectivity index (χ2n) is 26.6. The molecule has 0 aromatic carbocycles. The number of hydrogen-bond acceptors (Lipinski definition) is 8. The molecule has 0 saturated heterocycles. The Balaban J connectivity index is 4.01. The standard InChI is InChI=1S/C81H144NO8P/c1-6-8-10-12-14-16-18-20-22-24-26-28-30-32-34-35-36-37-38-39-40-41-42-43-44-45-46-47-48-50-52-54-56-58-60-62-64-66-68-70-72-74-81(84)90-79(78-89-91(85,86)88-76-75-82(3,4)5)77-87-80(83)73-71-69-67-65-63-61-59-57-55-53-51-49-33-31-29-27-25-23-21-19-17-15-13-11-9-7-2/h8,10,14,16,20,22,26,28,32,34,36-37,39-40,42-43,45-46,79H,6-7,9,11-13,15,17-19,21,23-25,27,29-31,33,35,38,41,44,47-78H2,1-5H3/b10-8-,16-14-,22-20-,28-26-,34-32-,37-36-,40-39-,43-42-,46-45-. The van der Waals surface area contributed by atoms with Crippen LogP contribution in [-0.4, -0.2) is 70.0 Å². The van der Waals surface area contributed by atoms with Crippen molar-refractivity contribution in [2.75, 3.05) is 47.5 Å². The van der Waals surface area contributed by atoms with Crippen LogP contribution in [0.5, 0.6) is 0 Å². The quantitative estimate of drug-likeness (QED) is 0.0195. The summed E-state index contributed by atoms with van der Waals surface area (Å²) in [5.74, 6) is -0.822. The predicted octanol–water partition coefficient (Wildman–Crippen LogP) is 24.6. The molecule has 526 valence electrons. The molecule has 2 unspecified atom stereocenters. The van der Waals surface area contributed by atoms with E-state index in [1.54, 1.807) is 0 Å². The maximum atomic E-state index is 12.9. The van der Waals surface area contributed by atoms with E-state index in [9.17, 15) is 19.0 Å². The van der Waals surface area contributed by atoms with Crippen molar-refractivity contribution in [3.8, 4) is 0 Å². The first-order valence-corrected chi connectivity index (χ1v) is 39.6. The molecule has 0 rings (SSSR count). The Morgan fingerprint density at radius 2 is 0.626 bits per heavy atom. The number of allylic oxidation sites excluding steroid dienone is 18. The van der Waals surface area contributed by atoms with Crippen molar-refractivity contribution in [3.05, 3.63) is 109 Å². The van der Waals surface area contributed by atoms with Crippen LogP contribution >= 0.6 is 7.82 Å². The second kappa shape index (κ2) is 71.0. The molecule has 9 nitrogen and oxygen atoms in total. The van der Waals surface area contributed by atoms with E-state index in [2.05, 4.69) is 123 Å². The molecule has 0 radical (unpaired) electrons. The summed E-state index contributed by atoms with van der Waals surface area (Å²) in [6.45, 7) is 4.17. The number of rotatable bonds is 70. The Kier molecular flexibility index (Phi) is 68.4. The Hall–Kier alpha value is -3.33. The lowest BCUT2D eigenvalue weighted by molar-refractivity contribution is -0.870. The minimum absolute atomic E-state index is 0.0325. The number of phosphoric acid groups is 1. The van der Waals surface area contributed by atoms with E-state index in [1.165, 1.54) is 212 Å². The molecular formula is C81H144NO8P. The number of carbonyl (C=O) groups excluding carboxylic acids is 2. The average Bonchev–Trinajstić information content (AvgIpc) is 3.69. The van der Waals surface area contributed by atoms with E-state index in [-0.39, 0.29) is 32.0 Å². The van der Waals surface area contributed by atoms with Gasteiger partial charge in [0.05, 0.1) is 27.7 Å². The van der Waals surface area contributed by atoms with Crippen molar-refractivity contribution in [3.63, 3.8) is 0 Å². The van der Waals surface area contributed by atoms with Gasteiger partial charge in [-0.1, -0.05) is 354 Å². The van der Waals surface area contributed by atoms with Crippen molar-refractivity contribution in [2.45, 2.75) is 347 Å². The zero-order valence-electron chi connectivity index (χ0n) is 60.0. The van der Waals surface area contributed by atoms with Gasteiger partial charge in [-0.15, -0.1) is 0 Å². The highest BCUT2D eigenvalue weighted by molar-refractivity contribution is 7.45. The summed E-state index contributed by atoms with van der Waals surface area (Å²) in [5.41, 5.74) is 0. The Morgan fingerprint density at radius 1 is 0.352 bits per heavy atom. The monoisotopic (exact) mass is 1290 g/mol. The fourth-order valence-electron chi connectivity index (χ4n) is 10.8. The van der Waals surface area contributed by atoms with E-state index in [0.717, 1.165) is 96.3 Å². The van der Waals surface area contributed by atoms with Gasteiger partial charge in [-0.2, -0.15) is 0 Å². The van der Waals surface area contributed by atoms with Gasteiger partial charge in [0, 0.05) is 12.8 Å². The number of carbonyl (C=O) groups is 2. The summed E-state index contributed by atoms with van der Waals surface area (Å²) in [6.07, 6.45) is 100. The minimum atomic E-state index is -4.65. The molecule has 0 aliphatic rings. The third-order valence-electron chi connectivity index (χ3n) is 16.6. The van der Waals surface area contributed by atoms with Gasteiger partial charge in [0.15, 0.2) is 6.10 Å². The number of ether oxygens (including phenoxy) is 2. The Bertz CT molecular complexity index is 1910. The third-order valence-corrected chi connectivity index (χ3v) is 17.5. The van der Waals surface area contributed by atoms with E-state index in [4.69, 9.17) is 18.5 Å². The molecule has 91 heavy (non-hydrogen) atoms. The minimum Gasteiger partial charge on any atom is -0.756 e. The van der Waals surface area contributed by atoms with Crippen LogP contribution in [0.1, 0.15) is 341 Å². The predicted molar refractivity (Wildman–Crippen MR) is 392 cm³/mol. The molecule has 2 atom stereocenters. The molecule has 0 bridgehead atoms. The zero-order chi connectivity index (χ0) is 66.2. The van der Waals surface area contributed by atoms with Crippen LogP contribution in [0.4, 0.5) is 0 Å². The number of phosphoric ester groups is 1. The molecule has 0 fully saturated rings. The third kappa shape index (κ3) is 75.6. The molecule has 0 spiro atoms. The van der Waals surface area contributed by atoms with Gasteiger partial charge in [-0.25, -0.2) is 0 Å². The maximum Gasteiger partial charge on any atom is 0.306 e. The van der Waals surface area contributed by atoms with Crippen LogP contribution in [0.3, 0.4) is 0 Å². The molecule has 0 aromatic rings. The van der Waals surface area contributed by atoms with Gasteiger partial charge >= 0.3 is 11.9 Å². The first-order chi connectivity index (χ1) is 44.5. The molecule has 0 heterocycles.